The van der Waals surface area contributed by atoms with Gasteiger partial charge in [0.2, 0.25) is 0 Å². The van der Waals surface area contributed by atoms with Crippen LogP contribution in [0.3, 0.4) is 0 Å². The predicted molar refractivity (Wildman–Crippen MR) is 61.9 cm³/mol. The maximum atomic E-state index is 10.9. The van der Waals surface area contributed by atoms with Gasteiger partial charge in [-0.25, -0.2) is 4.79 Å². The number of aromatic carboxylic acids is 1. The van der Waals surface area contributed by atoms with Gasteiger partial charge in [0.15, 0.2) is 5.69 Å². The largest absolute Gasteiger partial charge is 0.476 e. The number of aryl methyl sites for hydroxylation is 1. The summed E-state index contributed by atoms with van der Waals surface area (Å²) >= 11 is 0. The number of carboxylic acids is 1. The highest BCUT2D eigenvalue weighted by Gasteiger charge is 2.20. The van der Waals surface area contributed by atoms with E-state index < -0.39 is 5.97 Å². The van der Waals surface area contributed by atoms with Crippen LogP contribution in [-0.2, 0) is 6.54 Å². The van der Waals surface area contributed by atoms with Crippen LogP contribution in [0.1, 0.15) is 53.9 Å². The summed E-state index contributed by atoms with van der Waals surface area (Å²) in [5.41, 5.74) is 0.703. The lowest BCUT2D eigenvalue weighted by Gasteiger charge is -2.22. The van der Waals surface area contributed by atoms with E-state index in [-0.39, 0.29) is 5.69 Å². The number of rotatable bonds is 4. The molecule has 0 spiro atoms. The highest BCUT2D eigenvalue weighted by molar-refractivity contribution is 5.87. The van der Waals surface area contributed by atoms with E-state index in [1.54, 1.807) is 6.92 Å². The standard InChI is InChI=1S/C12H18N2O3/c1-8-10(11(12(15)16)14-17-8)7-13-9-5-3-2-4-6-9/h9,13H,2-7H2,1H3,(H,15,16). The van der Waals surface area contributed by atoms with Crippen molar-refractivity contribution in [1.82, 2.24) is 10.5 Å². The van der Waals surface area contributed by atoms with Crippen LogP contribution in [0.5, 0.6) is 0 Å². The Morgan fingerprint density at radius 2 is 2.18 bits per heavy atom. The van der Waals surface area contributed by atoms with Crippen molar-refractivity contribution in [3.63, 3.8) is 0 Å². The Labute approximate surface area is 100 Å². The number of carboxylic acid groups (broad SMARTS) is 1. The molecular weight excluding hydrogens is 220 g/mol. The number of hydrogen-bond acceptors (Lipinski definition) is 4. The van der Waals surface area contributed by atoms with Crippen LogP contribution in [-0.4, -0.2) is 22.3 Å². The van der Waals surface area contributed by atoms with Gasteiger partial charge in [-0.1, -0.05) is 24.4 Å². The SMILES string of the molecule is Cc1onc(C(=O)O)c1CNC1CCCCC1. The Balaban J connectivity index is 1.97. The van der Waals surface area contributed by atoms with E-state index in [1.807, 2.05) is 0 Å². The van der Waals surface area contributed by atoms with Gasteiger partial charge < -0.3 is 14.9 Å². The lowest BCUT2D eigenvalue weighted by molar-refractivity contribution is 0.0684. The Kier molecular flexibility index (Phi) is 3.78. The van der Waals surface area contributed by atoms with E-state index in [0.717, 1.165) is 0 Å². The molecule has 0 unspecified atom stereocenters. The van der Waals surface area contributed by atoms with Crippen molar-refractivity contribution in [2.45, 2.75) is 51.6 Å². The van der Waals surface area contributed by atoms with Gasteiger partial charge >= 0.3 is 5.97 Å². The number of nitrogens with one attached hydrogen (secondary N) is 1. The second-order valence-corrected chi connectivity index (χ2v) is 4.59. The molecule has 1 aromatic rings. The summed E-state index contributed by atoms with van der Waals surface area (Å²) < 4.78 is 4.93. The summed E-state index contributed by atoms with van der Waals surface area (Å²) in [6.07, 6.45) is 6.17. The third-order valence-corrected chi connectivity index (χ3v) is 3.36. The topological polar surface area (TPSA) is 75.4 Å². The van der Waals surface area contributed by atoms with E-state index >= 15 is 0 Å². The highest BCUT2D eigenvalue weighted by Crippen LogP contribution is 2.19. The summed E-state index contributed by atoms with van der Waals surface area (Å²) in [6.45, 7) is 2.28. The van der Waals surface area contributed by atoms with Gasteiger partial charge in [0.25, 0.3) is 0 Å². The zero-order chi connectivity index (χ0) is 12.3. The third kappa shape index (κ3) is 2.85. The molecule has 17 heavy (non-hydrogen) atoms. The molecule has 1 aromatic heterocycles. The van der Waals surface area contributed by atoms with Crippen LogP contribution >= 0.6 is 0 Å². The molecule has 0 atom stereocenters. The zero-order valence-corrected chi connectivity index (χ0v) is 10.0. The number of carbonyl (C=O) groups is 1. The van der Waals surface area contributed by atoms with Crippen LogP contribution in [0.2, 0.25) is 0 Å². The molecule has 0 amide bonds. The van der Waals surface area contributed by atoms with E-state index in [2.05, 4.69) is 10.5 Å². The quantitative estimate of drug-likeness (QED) is 0.840. The Morgan fingerprint density at radius 3 is 2.82 bits per heavy atom. The highest BCUT2D eigenvalue weighted by atomic mass is 16.5. The minimum atomic E-state index is -1.03. The summed E-state index contributed by atoms with van der Waals surface area (Å²) in [4.78, 5) is 10.9. The lowest BCUT2D eigenvalue weighted by atomic mass is 9.95. The first kappa shape index (κ1) is 12.1. The monoisotopic (exact) mass is 238 g/mol. The number of nitrogens with zero attached hydrogens (tertiary/aromatic N) is 1. The van der Waals surface area contributed by atoms with Crippen LogP contribution in [0.4, 0.5) is 0 Å². The second-order valence-electron chi connectivity index (χ2n) is 4.59. The summed E-state index contributed by atoms with van der Waals surface area (Å²) in [7, 11) is 0. The van der Waals surface area contributed by atoms with Crippen molar-refractivity contribution in [2.75, 3.05) is 0 Å². The minimum absolute atomic E-state index is 0.0332. The molecule has 5 heteroatoms. The van der Waals surface area contributed by atoms with Crippen molar-refractivity contribution in [3.05, 3.63) is 17.0 Å². The molecule has 1 heterocycles. The van der Waals surface area contributed by atoms with Crippen molar-refractivity contribution in [3.8, 4) is 0 Å². The van der Waals surface area contributed by atoms with E-state index in [9.17, 15) is 4.79 Å². The fourth-order valence-electron chi connectivity index (χ4n) is 2.32. The average Bonchev–Trinajstić information content (AvgIpc) is 2.69. The van der Waals surface area contributed by atoms with Gasteiger partial charge in [0.05, 0.1) is 0 Å². The molecule has 0 radical (unpaired) electrons. The fraction of sp³-hybridized carbons (Fsp3) is 0.667. The summed E-state index contributed by atoms with van der Waals surface area (Å²) in [5, 5.41) is 15.9. The van der Waals surface area contributed by atoms with Crippen LogP contribution < -0.4 is 5.32 Å². The average molecular weight is 238 g/mol. The van der Waals surface area contributed by atoms with Gasteiger partial charge in [-0.2, -0.15) is 0 Å². The molecule has 2 N–H and O–H groups in total. The van der Waals surface area contributed by atoms with Crippen molar-refractivity contribution >= 4 is 5.97 Å². The first-order valence-electron chi connectivity index (χ1n) is 6.10. The van der Waals surface area contributed by atoms with Crippen molar-refractivity contribution < 1.29 is 14.4 Å². The first-order valence-corrected chi connectivity index (χ1v) is 6.10. The smallest absolute Gasteiger partial charge is 0.358 e. The van der Waals surface area contributed by atoms with Gasteiger partial charge in [-0.3, -0.25) is 0 Å². The Bertz CT molecular complexity index is 394. The molecular formula is C12H18N2O3. The summed E-state index contributed by atoms with van der Waals surface area (Å²) in [6, 6.07) is 0.500. The molecule has 1 fully saturated rings. The lowest BCUT2D eigenvalue weighted by Crippen LogP contribution is -2.31. The molecule has 1 aliphatic rings. The zero-order valence-electron chi connectivity index (χ0n) is 10.0. The maximum Gasteiger partial charge on any atom is 0.358 e. The molecule has 94 valence electrons. The predicted octanol–water partition coefficient (Wildman–Crippen LogP) is 2.10. The van der Waals surface area contributed by atoms with Crippen LogP contribution in [0.25, 0.3) is 0 Å². The molecule has 0 aromatic carbocycles. The van der Waals surface area contributed by atoms with Crippen molar-refractivity contribution in [2.24, 2.45) is 0 Å². The minimum Gasteiger partial charge on any atom is -0.476 e. The number of hydrogen-bond donors (Lipinski definition) is 2. The van der Waals surface area contributed by atoms with Crippen LogP contribution in [0.15, 0.2) is 4.52 Å². The molecule has 0 bridgehead atoms. The Hall–Kier alpha value is -1.36. The van der Waals surface area contributed by atoms with Gasteiger partial charge in [0, 0.05) is 18.2 Å². The molecule has 0 aliphatic heterocycles. The van der Waals surface area contributed by atoms with Crippen LogP contribution in [0, 0.1) is 6.92 Å². The second kappa shape index (κ2) is 5.31. The third-order valence-electron chi connectivity index (χ3n) is 3.36. The van der Waals surface area contributed by atoms with Crippen molar-refractivity contribution in [1.29, 1.82) is 0 Å². The summed E-state index contributed by atoms with van der Waals surface area (Å²) in [5.74, 6) is -0.437. The molecule has 1 saturated carbocycles. The fourth-order valence-corrected chi connectivity index (χ4v) is 2.32. The molecule has 0 saturated heterocycles. The number of aromatic nitrogens is 1. The van der Waals surface area contributed by atoms with E-state index in [0.29, 0.717) is 23.9 Å². The normalized spacial score (nSPS) is 17.2. The molecule has 2 rings (SSSR count). The Morgan fingerprint density at radius 1 is 1.47 bits per heavy atom. The maximum absolute atomic E-state index is 10.9. The van der Waals surface area contributed by atoms with Gasteiger partial charge in [-0.05, 0) is 19.8 Å². The van der Waals surface area contributed by atoms with E-state index in [1.165, 1.54) is 32.1 Å². The van der Waals surface area contributed by atoms with E-state index in [4.69, 9.17) is 9.63 Å². The first-order chi connectivity index (χ1) is 8.18. The van der Waals surface area contributed by atoms with Gasteiger partial charge in [-0.15, -0.1) is 0 Å². The molecule has 1 aliphatic carbocycles. The van der Waals surface area contributed by atoms with Gasteiger partial charge in [0.1, 0.15) is 5.76 Å². The molecule has 5 nitrogen and oxygen atoms in total.